The molecule has 0 saturated carbocycles. The van der Waals surface area contributed by atoms with Gasteiger partial charge >= 0.3 is 18.3 Å². The lowest BCUT2D eigenvalue weighted by Crippen LogP contribution is -2.54. The summed E-state index contributed by atoms with van der Waals surface area (Å²) in [5, 5.41) is 0. The predicted octanol–water partition coefficient (Wildman–Crippen LogP) is 4.31. The van der Waals surface area contributed by atoms with E-state index in [1.165, 1.54) is 4.90 Å². The third-order valence-corrected chi connectivity index (χ3v) is 4.23. The number of hydrogen-bond acceptors (Lipinski definition) is 5. The van der Waals surface area contributed by atoms with Crippen LogP contribution in [0.4, 0.5) is 36.4 Å². The van der Waals surface area contributed by atoms with Crippen LogP contribution in [-0.4, -0.2) is 37.3 Å². The van der Waals surface area contributed by atoms with Crippen LogP contribution in [0.3, 0.4) is 0 Å². The molecule has 3 rings (SSSR count). The highest BCUT2D eigenvalue weighted by Gasteiger charge is 2.37. The Bertz CT molecular complexity index is 954. The van der Waals surface area contributed by atoms with Gasteiger partial charge in [0.1, 0.15) is 23.4 Å². The Morgan fingerprint density at radius 3 is 2.30 bits per heavy atom. The van der Waals surface area contributed by atoms with Crippen LogP contribution >= 0.6 is 0 Å². The number of rotatable bonds is 4. The molecule has 0 spiro atoms. The minimum absolute atomic E-state index is 0.0227. The molecule has 1 fully saturated rings. The second-order valence-electron chi connectivity index (χ2n) is 6.37. The van der Waals surface area contributed by atoms with E-state index in [0.717, 1.165) is 19.2 Å². The van der Waals surface area contributed by atoms with Crippen LogP contribution in [0.15, 0.2) is 30.3 Å². The van der Waals surface area contributed by atoms with Gasteiger partial charge in [-0.25, -0.2) is 14.2 Å². The molecule has 0 radical (unpaired) electrons. The maximum absolute atomic E-state index is 13.4. The van der Waals surface area contributed by atoms with E-state index in [2.05, 4.69) is 9.72 Å². The third kappa shape index (κ3) is 4.57. The number of anilines is 1. The van der Waals surface area contributed by atoms with Gasteiger partial charge in [-0.3, -0.25) is 0 Å². The summed E-state index contributed by atoms with van der Waals surface area (Å²) in [4.78, 5) is 16.6. The number of esters is 1. The molecule has 0 N–H and O–H groups in total. The lowest BCUT2D eigenvalue weighted by molar-refractivity contribution is -0.141. The third-order valence-electron chi connectivity index (χ3n) is 4.23. The molecule has 12 heteroatoms. The van der Waals surface area contributed by atoms with Gasteiger partial charge in [0, 0.05) is 6.07 Å². The Morgan fingerprint density at radius 1 is 1.07 bits per heavy atom. The van der Waals surface area contributed by atoms with Gasteiger partial charge in [-0.05, 0) is 24.3 Å². The lowest BCUT2D eigenvalue weighted by atomic mass is 10.1. The van der Waals surface area contributed by atoms with E-state index in [0.29, 0.717) is 18.2 Å². The summed E-state index contributed by atoms with van der Waals surface area (Å²) >= 11 is 0. The maximum Gasteiger partial charge on any atom is 0.433 e. The normalized spacial score (nSPS) is 15.0. The summed E-state index contributed by atoms with van der Waals surface area (Å²) < 4.78 is 100. The highest BCUT2D eigenvalue weighted by atomic mass is 19.4. The van der Waals surface area contributed by atoms with Crippen molar-refractivity contribution >= 4 is 11.7 Å². The van der Waals surface area contributed by atoms with E-state index in [1.807, 2.05) is 0 Å². The molecule has 0 atom stereocenters. The van der Waals surface area contributed by atoms with E-state index in [9.17, 15) is 35.5 Å². The number of hydrogen-bond donors (Lipinski definition) is 0. The average Bonchev–Trinajstić information content (AvgIpc) is 2.61. The number of aromatic nitrogens is 1. The molecule has 1 aliphatic rings. The molecule has 0 aliphatic carbocycles. The van der Waals surface area contributed by atoms with E-state index < -0.39 is 47.2 Å². The number of carbonyl (C=O) groups excluding carboxylic acids is 1. The summed E-state index contributed by atoms with van der Waals surface area (Å²) in [5.41, 5.74) is -3.01. The first-order chi connectivity index (χ1) is 13.9. The van der Waals surface area contributed by atoms with Crippen LogP contribution < -0.4 is 9.64 Å². The number of methoxy groups -OCH3 is 1. The molecule has 2 heterocycles. The molecular formula is C18H13F7N2O3. The van der Waals surface area contributed by atoms with E-state index >= 15 is 0 Å². The van der Waals surface area contributed by atoms with Crippen LogP contribution in [0, 0.1) is 5.82 Å². The standard InChI is InChI=1S/C18H13F7N2O3/c1-29-16(28)15-13(2-3-14(26-15)18(23,24)25)27-7-12(8-27)30-11-5-9(17(20,21)22)4-10(19)6-11/h2-6,12H,7-8H2,1H3. The second kappa shape index (κ2) is 7.65. The number of carbonyl (C=O) groups is 1. The average molecular weight is 438 g/mol. The van der Waals surface area contributed by atoms with Crippen molar-refractivity contribution in [3.8, 4) is 5.75 Å². The first kappa shape index (κ1) is 21.7. The number of nitrogens with zero attached hydrogens (tertiary/aromatic N) is 2. The van der Waals surface area contributed by atoms with Gasteiger partial charge in [0.25, 0.3) is 0 Å². The Kier molecular flexibility index (Phi) is 5.52. The largest absolute Gasteiger partial charge is 0.487 e. The van der Waals surface area contributed by atoms with Crippen molar-refractivity contribution in [2.75, 3.05) is 25.1 Å². The van der Waals surface area contributed by atoms with Crippen molar-refractivity contribution in [2.45, 2.75) is 18.5 Å². The Labute approximate surface area is 165 Å². The number of alkyl halides is 6. The fourth-order valence-electron chi connectivity index (χ4n) is 2.81. The summed E-state index contributed by atoms with van der Waals surface area (Å²) in [6.07, 6.45) is -10.2. The Morgan fingerprint density at radius 2 is 1.73 bits per heavy atom. The molecule has 2 aromatic rings. The van der Waals surface area contributed by atoms with Crippen molar-refractivity contribution in [1.29, 1.82) is 0 Å². The van der Waals surface area contributed by atoms with Crippen LogP contribution in [0.2, 0.25) is 0 Å². The fraction of sp³-hybridized carbons (Fsp3) is 0.333. The van der Waals surface area contributed by atoms with Crippen molar-refractivity contribution in [2.24, 2.45) is 0 Å². The number of benzene rings is 1. The Hall–Kier alpha value is -3.05. The first-order valence-corrected chi connectivity index (χ1v) is 8.34. The molecule has 1 aromatic carbocycles. The summed E-state index contributed by atoms with van der Waals surface area (Å²) in [6, 6.07) is 3.50. The highest BCUT2D eigenvalue weighted by molar-refractivity contribution is 5.94. The smallest absolute Gasteiger partial charge is 0.433 e. The van der Waals surface area contributed by atoms with Gasteiger partial charge in [-0.15, -0.1) is 0 Å². The van der Waals surface area contributed by atoms with Crippen molar-refractivity contribution in [1.82, 2.24) is 4.98 Å². The molecule has 0 amide bonds. The number of ether oxygens (including phenoxy) is 2. The molecule has 1 aromatic heterocycles. The SMILES string of the molecule is COC(=O)c1nc(C(F)(F)F)ccc1N1CC(Oc2cc(F)cc(C(F)(F)F)c2)C1. The predicted molar refractivity (Wildman–Crippen MR) is 88.6 cm³/mol. The van der Waals surface area contributed by atoms with Gasteiger partial charge in [-0.1, -0.05) is 0 Å². The molecule has 30 heavy (non-hydrogen) atoms. The topological polar surface area (TPSA) is 51.7 Å². The lowest BCUT2D eigenvalue weighted by Gasteiger charge is -2.41. The quantitative estimate of drug-likeness (QED) is 0.526. The van der Waals surface area contributed by atoms with Gasteiger partial charge in [0.15, 0.2) is 5.69 Å². The van der Waals surface area contributed by atoms with Gasteiger partial charge in [-0.2, -0.15) is 26.3 Å². The molecule has 5 nitrogen and oxygen atoms in total. The summed E-state index contributed by atoms with van der Waals surface area (Å²) in [6.45, 7) is 0.0454. The summed E-state index contributed by atoms with van der Waals surface area (Å²) in [7, 11) is 0.984. The second-order valence-corrected chi connectivity index (χ2v) is 6.37. The van der Waals surface area contributed by atoms with Crippen molar-refractivity contribution in [3.05, 3.63) is 53.1 Å². The van der Waals surface area contributed by atoms with Crippen LogP contribution in [-0.2, 0) is 17.1 Å². The van der Waals surface area contributed by atoms with E-state index in [-0.39, 0.29) is 24.5 Å². The number of pyridine rings is 1. The zero-order valence-electron chi connectivity index (χ0n) is 15.1. The van der Waals surface area contributed by atoms with E-state index in [1.54, 1.807) is 0 Å². The van der Waals surface area contributed by atoms with Crippen LogP contribution in [0.25, 0.3) is 0 Å². The molecule has 0 unspecified atom stereocenters. The Balaban J connectivity index is 1.75. The molecule has 0 bridgehead atoms. The molecule has 1 saturated heterocycles. The maximum atomic E-state index is 13.4. The fourth-order valence-corrected chi connectivity index (χ4v) is 2.81. The monoisotopic (exact) mass is 438 g/mol. The minimum Gasteiger partial charge on any atom is -0.487 e. The van der Waals surface area contributed by atoms with Crippen molar-refractivity contribution < 1.29 is 45.0 Å². The molecule has 1 aliphatic heterocycles. The highest BCUT2D eigenvalue weighted by Crippen LogP contribution is 2.35. The van der Waals surface area contributed by atoms with Gasteiger partial charge in [0.2, 0.25) is 0 Å². The van der Waals surface area contributed by atoms with Crippen LogP contribution in [0.1, 0.15) is 21.7 Å². The van der Waals surface area contributed by atoms with Gasteiger partial charge < -0.3 is 14.4 Å². The minimum atomic E-state index is -4.77. The molecule has 162 valence electrons. The number of halogens is 7. The first-order valence-electron chi connectivity index (χ1n) is 8.34. The van der Waals surface area contributed by atoms with E-state index in [4.69, 9.17) is 4.74 Å². The zero-order valence-corrected chi connectivity index (χ0v) is 15.1. The van der Waals surface area contributed by atoms with Gasteiger partial charge in [0.05, 0.1) is 31.5 Å². The van der Waals surface area contributed by atoms with Crippen LogP contribution in [0.5, 0.6) is 5.75 Å². The summed E-state index contributed by atoms with van der Waals surface area (Å²) in [5.74, 6) is -2.55. The van der Waals surface area contributed by atoms with Crippen molar-refractivity contribution in [3.63, 3.8) is 0 Å². The zero-order chi connectivity index (χ0) is 22.3. The molecular weight excluding hydrogens is 425 g/mol.